The normalized spacial score (nSPS) is 11.2. The van der Waals surface area contributed by atoms with E-state index in [4.69, 9.17) is 10.00 Å². The number of Topliss-reactive ketones (excluding diaryl/α,β-unsaturated/α-hetero) is 1. The van der Waals surface area contributed by atoms with Crippen molar-refractivity contribution >= 4 is 23.3 Å². The smallest absolute Gasteiger partial charge is 0.338 e. The highest BCUT2D eigenvalue weighted by molar-refractivity contribution is 6.02. The van der Waals surface area contributed by atoms with E-state index < -0.39 is 18.0 Å². The zero-order chi connectivity index (χ0) is 20.8. The van der Waals surface area contributed by atoms with Crippen molar-refractivity contribution in [2.75, 3.05) is 5.32 Å². The Hall–Kier alpha value is -3.46. The molecular weight excluding hydrogens is 356 g/mol. The number of anilines is 1. The molecule has 1 amide bonds. The number of nitrogens with zero attached hydrogens (tertiary/aromatic N) is 1. The lowest BCUT2D eigenvalue weighted by Gasteiger charge is -2.15. The average Bonchev–Trinajstić information content (AvgIpc) is 2.64. The summed E-state index contributed by atoms with van der Waals surface area (Å²) in [6.45, 7) is 7.31. The van der Waals surface area contributed by atoms with Crippen LogP contribution in [0.4, 0.5) is 5.69 Å². The summed E-state index contributed by atoms with van der Waals surface area (Å²) in [5.74, 6) is -1.31. The van der Waals surface area contributed by atoms with Crippen molar-refractivity contribution in [2.24, 2.45) is 0 Å². The van der Waals surface area contributed by atoms with Crippen LogP contribution in [-0.4, -0.2) is 23.8 Å². The lowest BCUT2D eigenvalue weighted by molar-refractivity contribution is -0.115. The summed E-state index contributed by atoms with van der Waals surface area (Å²) in [5.41, 5.74) is 4.20. The number of benzene rings is 2. The first kappa shape index (κ1) is 20.8. The van der Waals surface area contributed by atoms with E-state index in [1.165, 1.54) is 24.3 Å². The molecule has 0 spiro atoms. The number of carbonyl (C=O) groups excluding carboxylic acids is 3. The predicted octanol–water partition coefficient (Wildman–Crippen LogP) is 3.89. The molecule has 2 aromatic rings. The van der Waals surface area contributed by atoms with Gasteiger partial charge in [-0.15, -0.1) is 0 Å². The molecule has 0 aliphatic carbocycles. The standard InChI is InChI=1S/C22H22N2O4/c1-13-11-15(3)19(12-14(13)2)21(26)16(4)28-22(27)17-5-7-18(8-6-17)24-20(25)9-10-23/h5-8,11-12,16H,9H2,1-4H3,(H,24,25). The van der Waals surface area contributed by atoms with Crippen LogP contribution in [0, 0.1) is 32.1 Å². The summed E-state index contributed by atoms with van der Waals surface area (Å²) in [7, 11) is 0. The van der Waals surface area contributed by atoms with Gasteiger partial charge in [-0.2, -0.15) is 5.26 Å². The monoisotopic (exact) mass is 378 g/mol. The van der Waals surface area contributed by atoms with Gasteiger partial charge in [0.2, 0.25) is 11.7 Å². The maximum atomic E-state index is 12.7. The van der Waals surface area contributed by atoms with Crippen molar-refractivity contribution in [1.29, 1.82) is 5.26 Å². The Labute approximate surface area is 164 Å². The second kappa shape index (κ2) is 8.96. The van der Waals surface area contributed by atoms with Crippen molar-refractivity contribution in [2.45, 2.75) is 40.2 Å². The number of esters is 1. The molecule has 1 unspecified atom stereocenters. The molecule has 0 saturated carbocycles. The largest absolute Gasteiger partial charge is 0.451 e. The first-order valence-corrected chi connectivity index (χ1v) is 8.83. The summed E-state index contributed by atoms with van der Waals surface area (Å²) >= 11 is 0. The van der Waals surface area contributed by atoms with Gasteiger partial charge in [-0.25, -0.2) is 4.79 Å². The molecule has 6 heteroatoms. The minimum absolute atomic E-state index is 0.249. The van der Waals surface area contributed by atoms with Gasteiger partial charge < -0.3 is 10.1 Å². The van der Waals surface area contributed by atoms with Crippen LogP contribution in [0.2, 0.25) is 0 Å². The van der Waals surface area contributed by atoms with E-state index >= 15 is 0 Å². The molecule has 144 valence electrons. The van der Waals surface area contributed by atoms with Gasteiger partial charge in [0, 0.05) is 11.3 Å². The van der Waals surface area contributed by atoms with Gasteiger partial charge in [0.05, 0.1) is 11.6 Å². The molecule has 6 nitrogen and oxygen atoms in total. The average molecular weight is 378 g/mol. The highest BCUT2D eigenvalue weighted by Gasteiger charge is 2.22. The van der Waals surface area contributed by atoms with Crippen molar-refractivity contribution in [3.05, 3.63) is 64.2 Å². The van der Waals surface area contributed by atoms with E-state index in [1.807, 2.05) is 32.9 Å². The lowest BCUT2D eigenvalue weighted by atomic mass is 9.96. The van der Waals surface area contributed by atoms with E-state index in [2.05, 4.69) is 5.32 Å². The summed E-state index contributed by atoms with van der Waals surface area (Å²) in [6.07, 6.45) is -1.18. The van der Waals surface area contributed by atoms with Gasteiger partial charge in [-0.3, -0.25) is 9.59 Å². The van der Waals surface area contributed by atoms with Crippen LogP contribution < -0.4 is 5.32 Å². The number of nitrogens with one attached hydrogen (secondary N) is 1. The van der Waals surface area contributed by atoms with Crippen molar-refractivity contribution in [1.82, 2.24) is 0 Å². The number of hydrogen-bond donors (Lipinski definition) is 1. The van der Waals surface area contributed by atoms with E-state index in [9.17, 15) is 14.4 Å². The van der Waals surface area contributed by atoms with Gasteiger partial charge in [0.1, 0.15) is 6.42 Å². The van der Waals surface area contributed by atoms with Gasteiger partial charge in [-0.1, -0.05) is 6.07 Å². The number of hydrogen-bond acceptors (Lipinski definition) is 5. The third kappa shape index (κ3) is 5.04. The second-order valence-corrected chi connectivity index (χ2v) is 6.62. The number of carbonyl (C=O) groups is 3. The van der Waals surface area contributed by atoms with Crippen molar-refractivity contribution < 1.29 is 19.1 Å². The first-order chi connectivity index (χ1) is 13.2. The van der Waals surface area contributed by atoms with Gasteiger partial charge in [0.25, 0.3) is 0 Å². The Kier molecular flexibility index (Phi) is 6.67. The van der Waals surface area contributed by atoms with Crippen molar-refractivity contribution in [3.63, 3.8) is 0 Å². The van der Waals surface area contributed by atoms with Crippen LogP contribution in [0.15, 0.2) is 36.4 Å². The molecular formula is C22H22N2O4. The molecule has 1 atom stereocenters. The maximum absolute atomic E-state index is 12.7. The number of amides is 1. The summed E-state index contributed by atoms with van der Waals surface area (Å²) in [5, 5.41) is 11.0. The second-order valence-electron chi connectivity index (χ2n) is 6.62. The number of rotatable bonds is 6. The molecule has 0 bridgehead atoms. The summed E-state index contributed by atoms with van der Waals surface area (Å²) < 4.78 is 5.32. The molecule has 0 aliphatic rings. The fraction of sp³-hybridized carbons (Fsp3) is 0.273. The van der Waals surface area contributed by atoms with Gasteiger partial charge >= 0.3 is 5.97 Å². The zero-order valence-electron chi connectivity index (χ0n) is 16.3. The maximum Gasteiger partial charge on any atom is 0.338 e. The Morgan fingerprint density at radius 2 is 1.64 bits per heavy atom. The molecule has 2 rings (SSSR count). The van der Waals surface area contributed by atoms with Gasteiger partial charge in [0.15, 0.2) is 6.10 Å². The molecule has 0 fully saturated rings. The summed E-state index contributed by atoms with van der Waals surface area (Å²) in [4.78, 5) is 36.4. The van der Waals surface area contributed by atoms with Crippen LogP contribution in [0.1, 0.15) is 50.8 Å². The molecule has 2 aromatic carbocycles. The number of nitriles is 1. The number of aryl methyl sites for hydroxylation is 3. The molecule has 0 radical (unpaired) electrons. The number of ether oxygens (including phenoxy) is 1. The van der Waals surface area contributed by atoms with Crippen LogP contribution >= 0.6 is 0 Å². The first-order valence-electron chi connectivity index (χ1n) is 8.83. The third-order valence-corrected chi connectivity index (χ3v) is 4.40. The van der Waals surface area contributed by atoms with E-state index in [0.29, 0.717) is 11.3 Å². The quantitative estimate of drug-likeness (QED) is 0.607. The van der Waals surface area contributed by atoms with E-state index in [-0.39, 0.29) is 17.8 Å². The van der Waals surface area contributed by atoms with Crippen LogP contribution in [0.3, 0.4) is 0 Å². The Balaban J connectivity index is 2.06. The zero-order valence-corrected chi connectivity index (χ0v) is 16.3. The molecule has 0 heterocycles. The number of ketones is 1. The third-order valence-electron chi connectivity index (χ3n) is 4.40. The predicted molar refractivity (Wildman–Crippen MR) is 105 cm³/mol. The van der Waals surface area contributed by atoms with E-state index in [0.717, 1.165) is 16.7 Å². The minimum Gasteiger partial charge on any atom is -0.451 e. The van der Waals surface area contributed by atoms with Crippen LogP contribution in [0.25, 0.3) is 0 Å². The van der Waals surface area contributed by atoms with Crippen molar-refractivity contribution in [3.8, 4) is 6.07 Å². The fourth-order valence-electron chi connectivity index (χ4n) is 2.69. The molecule has 0 aliphatic heterocycles. The van der Waals surface area contributed by atoms with Gasteiger partial charge in [-0.05, 0) is 74.7 Å². The molecule has 0 saturated heterocycles. The Bertz CT molecular complexity index is 956. The molecule has 0 aromatic heterocycles. The Morgan fingerprint density at radius 3 is 2.25 bits per heavy atom. The highest BCUT2D eigenvalue weighted by atomic mass is 16.5. The van der Waals surface area contributed by atoms with E-state index in [1.54, 1.807) is 13.0 Å². The molecule has 1 N–H and O–H groups in total. The minimum atomic E-state index is -0.927. The fourth-order valence-corrected chi connectivity index (χ4v) is 2.69. The SMILES string of the molecule is Cc1cc(C)c(C(=O)C(C)OC(=O)c2ccc(NC(=O)CC#N)cc2)cc1C. The molecule has 28 heavy (non-hydrogen) atoms. The lowest BCUT2D eigenvalue weighted by Crippen LogP contribution is -2.25. The van der Waals surface area contributed by atoms with Crippen LogP contribution in [-0.2, 0) is 9.53 Å². The summed E-state index contributed by atoms with van der Waals surface area (Å²) in [6, 6.07) is 11.6. The highest BCUT2D eigenvalue weighted by Crippen LogP contribution is 2.19. The topological polar surface area (TPSA) is 96.3 Å². The van der Waals surface area contributed by atoms with Crippen LogP contribution in [0.5, 0.6) is 0 Å². The Morgan fingerprint density at radius 1 is 1.04 bits per heavy atom.